The molecule has 1 aromatic carbocycles. The molecule has 1 fully saturated rings. The molecule has 142 valence electrons. The smallest absolute Gasteiger partial charge is 0.260 e. The Balaban J connectivity index is 1.71. The van der Waals surface area contributed by atoms with E-state index in [2.05, 4.69) is 56.9 Å². The third kappa shape index (κ3) is 3.71. The van der Waals surface area contributed by atoms with Gasteiger partial charge in [-0.1, -0.05) is 43.7 Å². The van der Waals surface area contributed by atoms with Crippen LogP contribution in [0, 0.1) is 25.7 Å². The van der Waals surface area contributed by atoms with Crippen molar-refractivity contribution in [3.63, 3.8) is 0 Å². The number of aromatic nitrogens is 2. The molecule has 3 heterocycles. The van der Waals surface area contributed by atoms with E-state index in [-0.39, 0.29) is 5.56 Å². The van der Waals surface area contributed by atoms with Crippen LogP contribution in [0.3, 0.4) is 0 Å². The highest BCUT2D eigenvalue weighted by Gasteiger charge is 2.26. The van der Waals surface area contributed by atoms with Crippen LogP contribution >= 0.6 is 11.3 Å². The van der Waals surface area contributed by atoms with Gasteiger partial charge in [0.05, 0.1) is 18.5 Å². The van der Waals surface area contributed by atoms with Crippen molar-refractivity contribution in [2.75, 3.05) is 13.1 Å². The number of likely N-dealkylation sites (tertiary alicyclic amines) is 1. The van der Waals surface area contributed by atoms with Gasteiger partial charge < -0.3 is 9.88 Å². The average Bonchev–Trinajstić information content (AvgIpc) is 2.91. The second kappa shape index (κ2) is 7.21. The number of aryl methyl sites for hydroxylation is 2. The molecule has 0 amide bonds. The van der Waals surface area contributed by atoms with Crippen molar-refractivity contribution in [2.45, 2.75) is 40.7 Å². The molecule has 1 saturated heterocycles. The molecule has 2 N–H and O–H groups in total. The van der Waals surface area contributed by atoms with E-state index in [0.717, 1.165) is 63.5 Å². The lowest BCUT2D eigenvalue weighted by Crippen LogP contribution is -3.13. The molecule has 4 nitrogen and oxygen atoms in total. The first-order valence-electron chi connectivity index (χ1n) is 9.83. The molecule has 1 aliphatic heterocycles. The number of hydrogen-bond acceptors (Lipinski definition) is 3. The molecular weight excluding hydrogens is 354 g/mol. The molecule has 2 atom stereocenters. The maximum absolute atomic E-state index is 12.9. The normalized spacial score (nSPS) is 23.0. The van der Waals surface area contributed by atoms with E-state index in [1.807, 2.05) is 0 Å². The molecule has 0 spiro atoms. The van der Waals surface area contributed by atoms with E-state index in [1.165, 1.54) is 16.9 Å². The molecule has 5 heteroatoms. The summed E-state index contributed by atoms with van der Waals surface area (Å²) >= 11 is 1.63. The van der Waals surface area contributed by atoms with Gasteiger partial charge in [-0.25, -0.2) is 4.98 Å². The van der Waals surface area contributed by atoms with Crippen LogP contribution < -0.4 is 10.5 Å². The Morgan fingerprint density at radius 2 is 1.81 bits per heavy atom. The zero-order valence-electron chi connectivity index (χ0n) is 16.6. The van der Waals surface area contributed by atoms with Gasteiger partial charge in [0.25, 0.3) is 5.56 Å². The van der Waals surface area contributed by atoms with E-state index in [1.54, 1.807) is 11.3 Å². The van der Waals surface area contributed by atoms with Crippen LogP contribution in [-0.4, -0.2) is 23.1 Å². The van der Waals surface area contributed by atoms with Gasteiger partial charge in [-0.05, 0) is 25.8 Å². The number of H-pyrrole nitrogens is 1. The predicted octanol–water partition coefficient (Wildman–Crippen LogP) is 3.33. The Labute approximate surface area is 164 Å². The summed E-state index contributed by atoms with van der Waals surface area (Å²) in [7, 11) is 0. The summed E-state index contributed by atoms with van der Waals surface area (Å²) in [6.45, 7) is 11.9. The van der Waals surface area contributed by atoms with Gasteiger partial charge in [0, 0.05) is 22.3 Å². The predicted molar refractivity (Wildman–Crippen MR) is 112 cm³/mol. The monoisotopic (exact) mass is 382 g/mol. The average molecular weight is 383 g/mol. The van der Waals surface area contributed by atoms with E-state index in [9.17, 15) is 4.79 Å². The quantitative estimate of drug-likeness (QED) is 0.730. The first kappa shape index (κ1) is 18.4. The minimum absolute atomic E-state index is 0.00701. The number of hydrogen-bond donors (Lipinski definition) is 2. The molecule has 4 rings (SSSR count). The molecule has 0 unspecified atom stereocenters. The Hall–Kier alpha value is -1.98. The van der Waals surface area contributed by atoms with E-state index in [0.29, 0.717) is 0 Å². The Morgan fingerprint density at radius 1 is 1.15 bits per heavy atom. The summed E-state index contributed by atoms with van der Waals surface area (Å²) in [5.41, 5.74) is 3.34. The number of nitrogens with one attached hydrogen (secondary N) is 2. The van der Waals surface area contributed by atoms with Crippen molar-refractivity contribution in [1.29, 1.82) is 0 Å². The highest BCUT2D eigenvalue weighted by Crippen LogP contribution is 2.35. The van der Waals surface area contributed by atoms with Crippen LogP contribution in [-0.2, 0) is 6.54 Å². The summed E-state index contributed by atoms with van der Waals surface area (Å²) in [4.78, 5) is 24.4. The zero-order chi connectivity index (χ0) is 19.1. The number of fused-ring (bicyclic) bond motifs is 1. The van der Waals surface area contributed by atoms with E-state index < -0.39 is 0 Å². The molecule has 0 saturated carbocycles. The van der Waals surface area contributed by atoms with Crippen LogP contribution in [0.2, 0.25) is 0 Å². The summed E-state index contributed by atoms with van der Waals surface area (Å²) in [6, 6.07) is 8.38. The SMILES string of the molecule is Cc1ccc(-c2c(C)sc3nc(C[NH+]4C[C@H](C)C[C@@H](C)C4)[nH]c(=O)c23)cc1. The molecule has 27 heavy (non-hydrogen) atoms. The van der Waals surface area contributed by atoms with E-state index in [4.69, 9.17) is 4.98 Å². The zero-order valence-corrected chi connectivity index (χ0v) is 17.4. The van der Waals surface area contributed by atoms with Crippen molar-refractivity contribution < 1.29 is 4.90 Å². The third-order valence-electron chi connectivity index (χ3n) is 5.62. The number of rotatable bonds is 3. The first-order valence-corrected chi connectivity index (χ1v) is 10.6. The van der Waals surface area contributed by atoms with Gasteiger partial charge in [-0.2, -0.15) is 0 Å². The van der Waals surface area contributed by atoms with Crippen molar-refractivity contribution in [1.82, 2.24) is 9.97 Å². The van der Waals surface area contributed by atoms with Crippen molar-refractivity contribution in [2.24, 2.45) is 11.8 Å². The Morgan fingerprint density at radius 3 is 2.48 bits per heavy atom. The molecule has 0 radical (unpaired) electrons. The van der Waals surface area contributed by atoms with Gasteiger partial charge in [0.2, 0.25) is 0 Å². The fourth-order valence-electron chi connectivity index (χ4n) is 4.62. The van der Waals surface area contributed by atoms with Gasteiger partial charge >= 0.3 is 0 Å². The maximum atomic E-state index is 12.9. The highest BCUT2D eigenvalue weighted by atomic mass is 32.1. The summed E-state index contributed by atoms with van der Waals surface area (Å²) in [5.74, 6) is 2.29. The molecule has 0 aliphatic carbocycles. The fourth-order valence-corrected chi connectivity index (χ4v) is 5.68. The van der Waals surface area contributed by atoms with Crippen LogP contribution in [0.4, 0.5) is 0 Å². The number of aromatic amines is 1. The molecule has 2 aromatic heterocycles. The van der Waals surface area contributed by atoms with Crippen LogP contribution in [0.25, 0.3) is 21.3 Å². The second-order valence-electron chi connectivity index (χ2n) is 8.37. The summed E-state index contributed by atoms with van der Waals surface area (Å²) in [5, 5.41) is 0.737. The number of nitrogens with zero attached hydrogens (tertiary/aromatic N) is 1. The van der Waals surface area contributed by atoms with Crippen molar-refractivity contribution in [3.8, 4) is 11.1 Å². The first-order chi connectivity index (χ1) is 12.9. The lowest BCUT2D eigenvalue weighted by atomic mass is 9.92. The van der Waals surface area contributed by atoms with E-state index >= 15 is 0 Å². The van der Waals surface area contributed by atoms with Crippen molar-refractivity contribution >= 4 is 21.6 Å². The topological polar surface area (TPSA) is 50.2 Å². The third-order valence-corrected chi connectivity index (χ3v) is 6.62. The van der Waals surface area contributed by atoms with Crippen LogP contribution in [0.1, 0.15) is 36.5 Å². The lowest BCUT2D eigenvalue weighted by Gasteiger charge is -2.31. The van der Waals surface area contributed by atoms with Gasteiger partial charge in [-0.3, -0.25) is 4.79 Å². The summed E-state index contributed by atoms with van der Waals surface area (Å²) in [6.07, 6.45) is 1.30. The van der Waals surface area contributed by atoms with Gasteiger partial charge in [-0.15, -0.1) is 11.3 Å². The molecule has 0 bridgehead atoms. The Kier molecular flexibility index (Phi) is 4.91. The number of benzene rings is 1. The standard InChI is InChI=1S/C22H27N3OS/c1-13-5-7-17(8-6-13)19-16(4)27-22-20(19)21(26)23-18(24-22)12-25-10-14(2)9-15(3)11-25/h5-8,14-15H,9-12H2,1-4H3,(H,23,24,26)/p+1/t14-,15-/m1/s1. The fraction of sp³-hybridized carbons (Fsp3) is 0.455. The largest absolute Gasteiger partial charge is 0.328 e. The van der Waals surface area contributed by atoms with Crippen molar-refractivity contribution in [3.05, 3.63) is 50.9 Å². The number of piperidine rings is 1. The van der Waals surface area contributed by atoms with Crippen LogP contribution in [0.15, 0.2) is 29.1 Å². The highest BCUT2D eigenvalue weighted by molar-refractivity contribution is 7.19. The summed E-state index contributed by atoms with van der Waals surface area (Å²) < 4.78 is 0. The maximum Gasteiger partial charge on any atom is 0.260 e. The number of quaternary nitrogens is 1. The minimum atomic E-state index is -0.00701. The van der Waals surface area contributed by atoms with Gasteiger partial charge in [0.1, 0.15) is 11.4 Å². The molecule has 3 aromatic rings. The second-order valence-corrected chi connectivity index (χ2v) is 9.58. The number of thiophene rings is 1. The lowest BCUT2D eigenvalue weighted by molar-refractivity contribution is -0.926. The Bertz CT molecular complexity index is 1010. The molecular formula is C22H28N3OS+. The van der Waals surface area contributed by atoms with Crippen LogP contribution in [0.5, 0.6) is 0 Å². The minimum Gasteiger partial charge on any atom is -0.328 e. The van der Waals surface area contributed by atoms with Gasteiger partial charge in [0.15, 0.2) is 5.82 Å². The molecule has 1 aliphatic rings.